The zero-order valence-corrected chi connectivity index (χ0v) is 10.6. The van der Waals surface area contributed by atoms with Gasteiger partial charge in [-0.25, -0.2) is 0 Å². The summed E-state index contributed by atoms with van der Waals surface area (Å²) in [4.78, 5) is 2.22. The highest BCUT2D eigenvalue weighted by molar-refractivity contribution is 7.80. The fraction of sp³-hybridized carbons (Fsp3) is 0.909. The first-order valence-electron chi connectivity index (χ1n) is 5.08. The van der Waals surface area contributed by atoms with E-state index in [0.717, 1.165) is 18.8 Å². The quantitative estimate of drug-likeness (QED) is 0.712. The van der Waals surface area contributed by atoms with Crippen LogP contribution in [0.4, 0.5) is 0 Å². The lowest BCUT2D eigenvalue weighted by Gasteiger charge is -2.32. The number of thiol groups is 1. The van der Waals surface area contributed by atoms with Crippen LogP contribution >= 0.6 is 12.6 Å². The maximum atomic E-state index is 8.47. The Morgan fingerprint density at radius 2 is 2.00 bits per heavy atom. The lowest BCUT2D eigenvalue weighted by Crippen LogP contribution is -2.34. The summed E-state index contributed by atoms with van der Waals surface area (Å²) in [6.07, 6.45) is 0.611. The molecule has 0 saturated heterocycles. The van der Waals surface area contributed by atoms with Crippen molar-refractivity contribution in [1.82, 2.24) is 4.90 Å². The summed E-state index contributed by atoms with van der Waals surface area (Å²) in [5, 5.41) is 8.47. The molecule has 0 spiro atoms. The standard InChI is InChI=1S/C11H22N2S/c1-11(2,3)10(9-14)8-13(4)7-5-6-12/h10,14H,5,7-9H2,1-4H3. The Bertz CT molecular complexity index is 190. The molecule has 0 fully saturated rings. The van der Waals surface area contributed by atoms with Crippen LogP contribution in [0, 0.1) is 22.7 Å². The van der Waals surface area contributed by atoms with Crippen LogP contribution in [-0.4, -0.2) is 30.8 Å². The summed E-state index contributed by atoms with van der Waals surface area (Å²) in [7, 11) is 2.07. The first-order valence-corrected chi connectivity index (χ1v) is 5.71. The van der Waals surface area contributed by atoms with Crippen molar-refractivity contribution in [3.8, 4) is 6.07 Å². The third-order valence-electron chi connectivity index (χ3n) is 2.58. The van der Waals surface area contributed by atoms with E-state index in [1.54, 1.807) is 0 Å². The van der Waals surface area contributed by atoms with E-state index in [9.17, 15) is 0 Å². The Morgan fingerprint density at radius 1 is 1.43 bits per heavy atom. The van der Waals surface area contributed by atoms with Gasteiger partial charge in [-0.2, -0.15) is 17.9 Å². The zero-order chi connectivity index (χ0) is 11.2. The van der Waals surface area contributed by atoms with Crippen molar-refractivity contribution in [2.24, 2.45) is 11.3 Å². The number of nitriles is 1. The van der Waals surface area contributed by atoms with Gasteiger partial charge in [-0.1, -0.05) is 20.8 Å². The maximum absolute atomic E-state index is 8.47. The Hall–Kier alpha value is -0.200. The van der Waals surface area contributed by atoms with Gasteiger partial charge in [0.15, 0.2) is 0 Å². The van der Waals surface area contributed by atoms with E-state index in [0.29, 0.717) is 17.8 Å². The predicted octanol–water partition coefficient (Wildman–Crippen LogP) is 2.42. The summed E-state index contributed by atoms with van der Waals surface area (Å²) in [5.74, 6) is 1.48. The molecule has 14 heavy (non-hydrogen) atoms. The molecule has 0 aromatic rings. The number of hydrogen-bond donors (Lipinski definition) is 1. The van der Waals surface area contributed by atoms with E-state index in [1.165, 1.54) is 0 Å². The van der Waals surface area contributed by atoms with Gasteiger partial charge in [-0.05, 0) is 24.1 Å². The molecule has 0 N–H and O–H groups in total. The minimum Gasteiger partial charge on any atom is -0.305 e. The smallest absolute Gasteiger partial charge is 0.0635 e. The normalized spacial score (nSPS) is 14.1. The van der Waals surface area contributed by atoms with Crippen LogP contribution in [0.1, 0.15) is 27.2 Å². The van der Waals surface area contributed by atoms with E-state index in [-0.39, 0.29) is 0 Å². The topological polar surface area (TPSA) is 27.0 Å². The van der Waals surface area contributed by atoms with Crippen LogP contribution in [0.25, 0.3) is 0 Å². The highest BCUT2D eigenvalue weighted by atomic mass is 32.1. The summed E-state index contributed by atoms with van der Waals surface area (Å²) in [6.45, 7) is 8.61. The molecular weight excluding hydrogens is 192 g/mol. The molecule has 0 aliphatic carbocycles. The van der Waals surface area contributed by atoms with E-state index >= 15 is 0 Å². The van der Waals surface area contributed by atoms with Crippen molar-refractivity contribution in [1.29, 1.82) is 5.26 Å². The second-order valence-corrected chi connectivity index (χ2v) is 5.28. The highest BCUT2D eigenvalue weighted by Crippen LogP contribution is 2.27. The lowest BCUT2D eigenvalue weighted by atomic mass is 9.81. The van der Waals surface area contributed by atoms with Gasteiger partial charge >= 0.3 is 0 Å². The molecule has 82 valence electrons. The van der Waals surface area contributed by atoms with Crippen molar-refractivity contribution in [2.75, 3.05) is 25.9 Å². The molecule has 0 amide bonds. The van der Waals surface area contributed by atoms with Gasteiger partial charge in [0.2, 0.25) is 0 Å². The molecule has 0 aromatic heterocycles. The SMILES string of the molecule is CN(CCC#N)CC(CS)C(C)(C)C. The van der Waals surface area contributed by atoms with Gasteiger partial charge in [0.05, 0.1) is 6.07 Å². The lowest BCUT2D eigenvalue weighted by molar-refractivity contribution is 0.189. The van der Waals surface area contributed by atoms with Crippen LogP contribution in [0.2, 0.25) is 0 Å². The predicted molar refractivity (Wildman–Crippen MR) is 64.5 cm³/mol. The van der Waals surface area contributed by atoms with Crippen molar-refractivity contribution in [3.63, 3.8) is 0 Å². The second kappa shape index (κ2) is 6.31. The van der Waals surface area contributed by atoms with Gasteiger partial charge in [-0.3, -0.25) is 0 Å². The average molecular weight is 214 g/mol. The molecule has 0 radical (unpaired) electrons. The molecule has 1 atom stereocenters. The van der Waals surface area contributed by atoms with Gasteiger partial charge < -0.3 is 4.90 Å². The van der Waals surface area contributed by atoms with E-state index in [1.807, 2.05) is 0 Å². The molecule has 1 unspecified atom stereocenters. The Balaban J connectivity index is 4.00. The highest BCUT2D eigenvalue weighted by Gasteiger charge is 2.24. The minimum atomic E-state index is 0.294. The van der Waals surface area contributed by atoms with Crippen molar-refractivity contribution in [3.05, 3.63) is 0 Å². The van der Waals surface area contributed by atoms with Crippen molar-refractivity contribution < 1.29 is 0 Å². The molecule has 0 saturated carbocycles. The summed E-state index contributed by atoms with van der Waals surface area (Å²) >= 11 is 4.38. The molecule has 0 aromatic carbocycles. The summed E-state index contributed by atoms with van der Waals surface area (Å²) < 4.78 is 0. The van der Waals surface area contributed by atoms with Crippen molar-refractivity contribution >= 4 is 12.6 Å². The molecular formula is C11H22N2S. The Labute approximate surface area is 93.7 Å². The average Bonchev–Trinajstić information content (AvgIpc) is 2.08. The van der Waals surface area contributed by atoms with E-state index in [2.05, 4.69) is 51.4 Å². The zero-order valence-electron chi connectivity index (χ0n) is 9.75. The summed E-state index contributed by atoms with van der Waals surface area (Å²) in [6, 6.07) is 2.17. The molecule has 3 heteroatoms. The second-order valence-electron chi connectivity index (χ2n) is 4.92. The molecule has 2 nitrogen and oxygen atoms in total. The number of nitrogens with zero attached hydrogens (tertiary/aromatic N) is 2. The Kier molecular flexibility index (Phi) is 6.22. The van der Waals surface area contributed by atoms with E-state index < -0.39 is 0 Å². The first-order chi connectivity index (χ1) is 6.41. The van der Waals surface area contributed by atoms with Crippen LogP contribution in [0.3, 0.4) is 0 Å². The third kappa shape index (κ3) is 5.51. The van der Waals surface area contributed by atoms with E-state index in [4.69, 9.17) is 5.26 Å². The largest absolute Gasteiger partial charge is 0.305 e. The Morgan fingerprint density at radius 3 is 2.36 bits per heavy atom. The molecule has 0 heterocycles. The van der Waals surface area contributed by atoms with Crippen LogP contribution in [0.15, 0.2) is 0 Å². The molecule has 0 aliphatic rings. The molecule has 0 aliphatic heterocycles. The van der Waals surface area contributed by atoms with Gasteiger partial charge in [0.1, 0.15) is 0 Å². The van der Waals surface area contributed by atoms with Gasteiger partial charge in [-0.15, -0.1) is 0 Å². The van der Waals surface area contributed by atoms with Crippen LogP contribution in [0.5, 0.6) is 0 Å². The number of rotatable bonds is 5. The van der Waals surface area contributed by atoms with Gasteiger partial charge in [0.25, 0.3) is 0 Å². The molecule has 0 rings (SSSR count). The monoisotopic (exact) mass is 214 g/mol. The number of hydrogen-bond acceptors (Lipinski definition) is 3. The van der Waals surface area contributed by atoms with Crippen LogP contribution < -0.4 is 0 Å². The fourth-order valence-electron chi connectivity index (χ4n) is 1.31. The summed E-state index contributed by atoms with van der Waals surface area (Å²) in [5.41, 5.74) is 0.294. The minimum absolute atomic E-state index is 0.294. The van der Waals surface area contributed by atoms with Gasteiger partial charge in [0, 0.05) is 19.5 Å². The fourth-order valence-corrected chi connectivity index (χ4v) is 1.98. The first kappa shape index (κ1) is 13.8. The van der Waals surface area contributed by atoms with Crippen LogP contribution in [-0.2, 0) is 0 Å². The third-order valence-corrected chi connectivity index (χ3v) is 3.02. The molecule has 0 bridgehead atoms. The van der Waals surface area contributed by atoms with Crippen molar-refractivity contribution in [2.45, 2.75) is 27.2 Å². The maximum Gasteiger partial charge on any atom is 0.0635 e.